The second kappa shape index (κ2) is 5.04. The summed E-state index contributed by atoms with van der Waals surface area (Å²) in [5, 5.41) is 2.83. The Labute approximate surface area is 101 Å². The fraction of sp³-hybridized carbons (Fsp3) is 0.357. The average Bonchev–Trinajstić information content (AvgIpc) is 2.60. The Morgan fingerprint density at radius 2 is 2.24 bits per heavy atom. The molecule has 0 unspecified atom stereocenters. The predicted octanol–water partition coefficient (Wildman–Crippen LogP) is 2.32. The maximum Gasteiger partial charge on any atom is 0.216 e. The van der Waals surface area contributed by atoms with E-state index in [1.165, 1.54) is 16.8 Å². The molecular weight excluding hydrogens is 212 g/mol. The van der Waals surface area contributed by atoms with Crippen LogP contribution in [-0.4, -0.2) is 16.9 Å². The topological polar surface area (TPSA) is 33.5 Å². The van der Waals surface area contributed by atoms with Gasteiger partial charge < -0.3 is 9.72 Å². The molecule has 1 N–H and O–H groups in total. The minimum Gasteiger partial charge on any atom is -0.356 e. The zero-order chi connectivity index (χ0) is 12.3. The van der Waals surface area contributed by atoms with Crippen LogP contribution in [0.25, 0.3) is 5.52 Å². The van der Waals surface area contributed by atoms with Crippen molar-refractivity contribution in [2.45, 2.75) is 26.7 Å². The molecule has 2 heterocycles. The number of rotatable bonds is 4. The standard InChI is InChI=1S/C14H18N2O/c1-11-10-13-6-3-4-9-16(13)14(11)7-5-8-15-12(2)17/h3-4,6,9-10H,5,7-8H2,1-2H3,(H,15,17). The third kappa shape index (κ3) is 2.67. The number of pyridine rings is 1. The van der Waals surface area contributed by atoms with E-state index in [0.717, 1.165) is 19.4 Å². The zero-order valence-electron chi connectivity index (χ0n) is 10.4. The maximum atomic E-state index is 10.8. The summed E-state index contributed by atoms with van der Waals surface area (Å²) >= 11 is 0. The highest BCUT2D eigenvalue weighted by Gasteiger charge is 2.05. The van der Waals surface area contributed by atoms with Crippen molar-refractivity contribution in [1.82, 2.24) is 9.72 Å². The zero-order valence-corrected chi connectivity index (χ0v) is 10.4. The molecule has 0 atom stereocenters. The van der Waals surface area contributed by atoms with Gasteiger partial charge in [0.05, 0.1) is 0 Å². The van der Waals surface area contributed by atoms with Gasteiger partial charge in [-0.1, -0.05) is 6.07 Å². The third-order valence-electron chi connectivity index (χ3n) is 2.97. The van der Waals surface area contributed by atoms with Crippen LogP contribution in [0.15, 0.2) is 30.5 Å². The lowest BCUT2D eigenvalue weighted by atomic mass is 10.1. The Morgan fingerprint density at radius 1 is 1.41 bits per heavy atom. The number of hydrogen-bond donors (Lipinski definition) is 1. The molecule has 3 nitrogen and oxygen atoms in total. The summed E-state index contributed by atoms with van der Waals surface area (Å²) in [5.74, 6) is 0.0433. The predicted molar refractivity (Wildman–Crippen MR) is 69.1 cm³/mol. The average molecular weight is 230 g/mol. The highest BCUT2D eigenvalue weighted by Crippen LogP contribution is 2.16. The van der Waals surface area contributed by atoms with E-state index >= 15 is 0 Å². The molecule has 2 rings (SSSR count). The van der Waals surface area contributed by atoms with Crippen molar-refractivity contribution < 1.29 is 4.79 Å². The van der Waals surface area contributed by atoms with Crippen molar-refractivity contribution in [3.63, 3.8) is 0 Å². The van der Waals surface area contributed by atoms with Gasteiger partial charge in [-0.15, -0.1) is 0 Å². The summed E-state index contributed by atoms with van der Waals surface area (Å²) in [5.41, 5.74) is 3.89. The lowest BCUT2D eigenvalue weighted by Gasteiger charge is -2.05. The summed E-state index contributed by atoms with van der Waals surface area (Å²) in [6.07, 6.45) is 4.06. The van der Waals surface area contributed by atoms with Crippen LogP contribution in [0.1, 0.15) is 24.6 Å². The second-order valence-corrected chi connectivity index (χ2v) is 4.36. The highest BCUT2D eigenvalue weighted by atomic mass is 16.1. The van der Waals surface area contributed by atoms with Crippen molar-refractivity contribution in [2.75, 3.05) is 6.54 Å². The molecule has 2 aromatic heterocycles. The van der Waals surface area contributed by atoms with Crippen LogP contribution in [0.3, 0.4) is 0 Å². The van der Waals surface area contributed by atoms with E-state index in [-0.39, 0.29) is 5.91 Å². The van der Waals surface area contributed by atoms with Crippen LogP contribution >= 0.6 is 0 Å². The van der Waals surface area contributed by atoms with Crippen molar-refractivity contribution in [2.24, 2.45) is 0 Å². The van der Waals surface area contributed by atoms with Gasteiger partial charge in [0, 0.05) is 30.9 Å². The fourth-order valence-corrected chi connectivity index (χ4v) is 2.15. The molecule has 0 saturated carbocycles. The number of carbonyl (C=O) groups is 1. The van der Waals surface area contributed by atoms with Gasteiger partial charge in [0.1, 0.15) is 0 Å². The van der Waals surface area contributed by atoms with E-state index in [1.807, 2.05) is 6.07 Å². The van der Waals surface area contributed by atoms with Crippen molar-refractivity contribution in [3.8, 4) is 0 Å². The molecule has 0 aliphatic carbocycles. The van der Waals surface area contributed by atoms with Crippen LogP contribution in [0, 0.1) is 6.92 Å². The van der Waals surface area contributed by atoms with Crippen LogP contribution in [0.4, 0.5) is 0 Å². The van der Waals surface area contributed by atoms with Gasteiger partial charge in [0.15, 0.2) is 0 Å². The number of nitrogens with one attached hydrogen (secondary N) is 1. The number of fused-ring (bicyclic) bond motifs is 1. The molecule has 90 valence electrons. The Kier molecular flexibility index (Phi) is 3.47. The van der Waals surface area contributed by atoms with E-state index in [9.17, 15) is 4.79 Å². The van der Waals surface area contributed by atoms with E-state index in [0.29, 0.717) is 0 Å². The van der Waals surface area contributed by atoms with E-state index in [2.05, 4.69) is 41.0 Å². The van der Waals surface area contributed by atoms with Gasteiger partial charge in [-0.25, -0.2) is 0 Å². The first kappa shape index (κ1) is 11.7. The first-order valence-electron chi connectivity index (χ1n) is 5.98. The van der Waals surface area contributed by atoms with Crippen LogP contribution < -0.4 is 5.32 Å². The summed E-state index contributed by atoms with van der Waals surface area (Å²) in [6.45, 7) is 4.44. The molecule has 0 spiro atoms. The largest absolute Gasteiger partial charge is 0.356 e. The quantitative estimate of drug-likeness (QED) is 0.803. The number of nitrogens with zero attached hydrogens (tertiary/aromatic N) is 1. The SMILES string of the molecule is CC(=O)NCCCc1c(C)cc2ccccn12. The van der Waals surface area contributed by atoms with Gasteiger partial charge in [0.25, 0.3) is 0 Å². The molecule has 3 heteroatoms. The van der Waals surface area contributed by atoms with E-state index < -0.39 is 0 Å². The number of aryl methyl sites for hydroxylation is 2. The number of hydrogen-bond acceptors (Lipinski definition) is 1. The lowest BCUT2D eigenvalue weighted by molar-refractivity contribution is -0.118. The number of carbonyl (C=O) groups excluding carboxylic acids is 1. The smallest absolute Gasteiger partial charge is 0.216 e. The number of aromatic nitrogens is 1. The molecular formula is C14H18N2O. The molecule has 0 fully saturated rings. The maximum absolute atomic E-state index is 10.8. The molecule has 0 aliphatic heterocycles. The van der Waals surface area contributed by atoms with Gasteiger partial charge >= 0.3 is 0 Å². The van der Waals surface area contributed by atoms with Crippen molar-refractivity contribution in [1.29, 1.82) is 0 Å². The van der Waals surface area contributed by atoms with E-state index in [1.54, 1.807) is 6.92 Å². The van der Waals surface area contributed by atoms with Gasteiger partial charge in [0.2, 0.25) is 5.91 Å². The summed E-state index contributed by atoms with van der Waals surface area (Å²) in [7, 11) is 0. The molecule has 17 heavy (non-hydrogen) atoms. The van der Waals surface area contributed by atoms with Gasteiger partial charge in [-0.2, -0.15) is 0 Å². The Morgan fingerprint density at radius 3 is 3.00 bits per heavy atom. The fourth-order valence-electron chi connectivity index (χ4n) is 2.15. The molecule has 0 aromatic carbocycles. The number of amides is 1. The highest BCUT2D eigenvalue weighted by molar-refractivity contribution is 5.72. The first-order chi connectivity index (χ1) is 8.18. The lowest BCUT2D eigenvalue weighted by Crippen LogP contribution is -2.21. The molecule has 0 bridgehead atoms. The first-order valence-corrected chi connectivity index (χ1v) is 5.98. The monoisotopic (exact) mass is 230 g/mol. The van der Waals surface area contributed by atoms with Crippen molar-refractivity contribution >= 4 is 11.4 Å². The molecule has 1 amide bonds. The molecule has 0 radical (unpaired) electrons. The Hall–Kier alpha value is -1.77. The van der Waals surface area contributed by atoms with Crippen molar-refractivity contribution in [3.05, 3.63) is 41.7 Å². The van der Waals surface area contributed by atoms with Crippen LogP contribution in [-0.2, 0) is 11.2 Å². The van der Waals surface area contributed by atoms with Gasteiger partial charge in [-0.3, -0.25) is 4.79 Å². The second-order valence-electron chi connectivity index (χ2n) is 4.36. The van der Waals surface area contributed by atoms with Crippen LogP contribution in [0.5, 0.6) is 0 Å². The van der Waals surface area contributed by atoms with Crippen LogP contribution in [0.2, 0.25) is 0 Å². The minimum atomic E-state index is 0.0433. The normalized spacial score (nSPS) is 10.7. The molecule has 0 saturated heterocycles. The summed E-state index contributed by atoms with van der Waals surface area (Å²) in [4.78, 5) is 10.8. The molecule has 2 aromatic rings. The van der Waals surface area contributed by atoms with Gasteiger partial charge in [-0.05, 0) is 43.5 Å². The Balaban J connectivity index is 2.07. The van der Waals surface area contributed by atoms with E-state index in [4.69, 9.17) is 0 Å². The molecule has 0 aliphatic rings. The minimum absolute atomic E-state index is 0.0433. The Bertz CT molecular complexity index is 528. The summed E-state index contributed by atoms with van der Waals surface area (Å²) in [6, 6.07) is 8.41. The summed E-state index contributed by atoms with van der Waals surface area (Å²) < 4.78 is 2.23. The third-order valence-corrected chi connectivity index (χ3v) is 2.97.